The summed E-state index contributed by atoms with van der Waals surface area (Å²) in [4.78, 5) is 39.9. The minimum atomic E-state index is -0.963. The molecule has 1 unspecified atom stereocenters. The lowest BCUT2D eigenvalue weighted by molar-refractivity contribution is -0.132. The van der Waals surface area contributed by atoms with E-state index in [2.05, 4.69) is 5.32 Å². The lowest BCUT2D eigenvalue weighted by Gasteiger charge is -2.27. The number of para-hydroxylation sites is 1. The Balaban J connectivity index is 1.73. The van der Waals surface area contributed by atoms with E-state index in [0.717, 1.165) is 10.8 Å². The summed E-state index contributed by atoms with van der Waals surface area (Å²) < 4.78 is 5.57. The first-order valence-corrected chi connectivity index (χ1v) is 11.7. The van der Waals surface area contributed by atoms with Gasteiger partial charge in [-0.15, -0.1) is 0 Å². The van der Waals surface area contributed by atoms with Crippen LogP contribution < -0.4 is 15.0 Å². The second kappa shape index (κ2) is 9.62. The number of ether oxygens (including phenoxy) is 1. The maximum atomic E-state index is 13.5. The molecular weight excluding hydrogens is 468 g/mol. The molecule has 7 heteroatoms. The summed E-state index contributed by atoms with van der Waals surface area (Å²) in [6.45, 7) is 1.39. The summed E-state index contributed by atoms with van der Waals surface area (Å²) in [6.07, 6.45) is 0. The van der Waals surface area contributed by atoms with E-state index in [1.807, 2.05) is 30.3 Å². The van der Waals surface area contributed by atoms with Crippen molar-refractivity contribution in [3.05, 3.63) is 108 Å². The van der Waals surface area contributed by atoms with Gasteiger partial charge in [-0.2, -0.15) is 0 Å². The van der Waals surface area contributed by atoms with Crippen molar-refractivity contribution in [2.24, 2.45) is 0 Å². The fraction of sp³-hybridized carbons (Fsp3) is 0.100. The minimum Gasteiger partial charge on any atom is -0.507 e. The van der Waals surface area contributed by atoms with Gasteiger partial charge in [0.2, 0.25) is 5.91 Å². The largest absolute Gasteiger partial charge is 0.507 e. The highest BCUT2D eigenvalue weighted by Gasteiger charge is 2.48. The zero-order valence-electron chi connectivity index (χ0n) is 20.3. The van der Waals surface area contributed by atoms with Crippen LogP contribution in [0, 0.1) is 0 Å². The second-order valence-corrected chi connectivity index (χ2v) is 8.70. The van der Waals surface area contributed by atoms with E-state index in [-0.39, 0.29) is 17.2 Å². The molecule has 0 spiro atoms. The molecule has 2 N–H and O–H groups in total. The maximum Gasteiger partial charge on any atom is 0.300 e. The lowest BCUT2D eigenvalue weighted by Crippen LogP contribution is -2.29. The topological polar surface area (TPSA) is 95.9 Å². The van der Waals surface area contributed by atoms with Crippen LogP contribution in [0.4, 0.5) is 11.4 Å². The summed E-state index contributed by atoms with van der Waals surface area (Å²) >= 11 is 0. The first kappa shape index (κ1) is 23.8. The number of aliphatic hydroxyl groups excluding tert-OH is 1. The number of aliphatic hydroxyl groups is 1. The van der Waals surface area contributed by atoms with Crippen LogP contribution in [0.2, 0.25) is 0 Å². The highest BCUT2D eigenvalue weighted by atomic mass is 16.5. The lowest BCUT2D eigenvalue weighted by atomic mass is 9.93. The molecule has 184 valence electrons. The van der Waals surface area contributed by atoms with Gasteiger partial charge in [-0.1, -0.05) is 60.7 Å². The normalized spacial score (nSPS) is 16.7. The number of ketones is 1. The first-order chi connectivity index (χ1) is 17.9. The second-order valence-electron chi connectivity index (χ2n) is 8.70. The van der Waals surface area contributed by atoms with E-state index in [0.29, 0.717) is 28.3 Å². The standard InChI is InChI=1S/C30H24N2O5/c1-18(33)31-22-10-7-11-23(17-22)32-27(24-12-5-6-13-25(24)37-2)26(29(35)30(32)36)28(34)21-15-14-19-8-3-4-9-20(19)16-21/h3-17,27,34H,1-2H3,(H,31,33)/b28-26+. The summed E-state index contributed by atoms with van der Waals surface area (Å²) in [6, 6.07) is 25.8. The van der Waals surface area contributed by atoms with Crippen LogP contribution in [-0.2, 0) is 14.4 Å². The van der Waals surface area contributed by atoms with Crippen molar-refractivity contribution in [2.45, 2.75) is 13.0 Å². The fourth-order valence-corrected chi connectivity index (χ4v) is 4.71. The number of fused-ring (bicyclic) bond motifs is 1. The molecule has 37 heavy (non-hydrogen) atoms. The Morgan fingerprint density at radius 2 is 1.62 bits per heavy atom. The predicted molar refractivity (Wildman–Crippen MR) is 142 cm³/mol. The van der Waals surface area contributed by atoms with Gasteiger partial charge >= 0.3 is 0 Å². The molecule has 0 aliphatic carbocycles. The molecule has 4 aromatic carbocycles. The Labute approximate surface area is 213 Å². The van der Waals surface area contributed by atoms with Crippen molar-refractivity contribution < 1.29 is 24.2 Å². The van der Waals surface area contributed by atoms with E-state index >= 15 is 0 Å². The Morgan fingerprint density at radius 1 is 0.892 bits per heavy atom. The summed E-state index contributed by atoms with van der Waals surface area (Å²) in [5.74, 6) is -1.69. The average Bonchev–Trinajstić information content (AvgIpc) is 3.17. The third kappa shape index (κ3) is 4.31. The van der Waals surface area contributed by atoms with Crippen LogP contribution in [0.15, 0.2) is 96.6 Å². The van der Waals surface area contributed by atoms with Gasteiger partial charge in [0.25, 0.3) is 11.7 Å². The zero-order chi connectivity index (χ0) is 26.1. The van der Waals surface area contributed by atoms with Crippen LogP contribution in [0.3, 0.4) is 0 Å². The van der Waals surface area contributed by atoms with Crippen molar-refractivity contribution in [2.75, 3.05) is 17.3 Å². The van der Waals surface area contributed by atoms with Crippen LogP contribution in [0.25, 0.3) is 16.5 Å². The molecule has 1 aliphatic rings. The molecule has 2 amide bonds. The molecule has 0 aromatic heterocycles. The molecule has 1 atom stereocenters. The highest BCUT2D eigenvalue weighted by molar-refractivity contribution is 6.51. The van der Waals surface area contributed by atoms with Gasteiger partial charge in [0.05, 0.1) is 18.7 Å². The van der Waals surface area contributed by atoms with Gasteiger partial charge in [-0.3, -0.25) is 19.3 Å². The number of carbonyl (C=O) groups excluding carboxylic acids is 3. The summed E-state index contributed by atoms with van der Waals surface area (Å²) in [5.41, 5.74) is 1.77. The van der Waals surface area contributed by atoms with E-state index in [1.54, 1.807) is 60.7 Å². The van der Waals surface area contributed by atoms with Crippen molar-refractivity contribution in [3.63, 3.8) is 0 Å². The van der Waals surface area contributed by atoms with Crippen molar-refractivity contribution in [3.8, 4) is 5.75 Å². The third-order valence-corrected chi connectivity index (χ3v) is 6.35. The number of carbonyl (C=O) groups is 3. The number of hydrogen-bond donors (Lipinski definition) is 2. The van der Waals surface area contributed by atoms with Crippen molar-refractivity contribution in [1.82, 2.24) is 0 Å². The number of amides is 2. The van der Waals surface area contributed by atoms with E-state index in [1.165, 1.54) is 18.9 Å². The van der Waals surface area contributed by atoms with Gasteiger partial charge in [-0.25, -0.2) is 0 Å². The fourth-order valence-electron chi connectivity index (χ4n) is 4.71. The van der Waals surface area contributed by atoms with Crippen molar-refractivity contribution in [1.29, 1.82) is 0 Å². The van der Waals surface area contributed by atoms with Gasteiger partial charge in [-0.05, 0) is 41.1 Å². The molecule has 1 aliphatic heterocycles. The number of anilines is 2. The van der Waals surface area contributed by atoms with Crippen LogP contribution >= 0.6 is 0 Å². The zero-order valence-corrected chi connectivity index (χ0v) is 20.3. The molecule has 4 aromatic rings. The predicted octanol–water partition coefficient (Wildman–Crippen LogP) is 5.43. The minimum absolute atomic E-state index is 0.0466. The summed E-state index contributed by atoms with van der Waals surface area (Å²) in [5, 5.41) is 16.1. The number of hydrogen-bond acceptors (Lipinski definition) is 5. The molecule has 1 fully saturated rings. The third-order valence-electron chi connectivity index (χ3n) is 6.35. The Hall–Kier alpha value is -4.91. The number of Topliss-reactive ketones (excluding diaryl/α,β-unsaturated/α-hetero) is 1. The van der Waals surface area contributed by atoms with Gasteiger partial charge in [0, 0.05) is 29.4 Å². The van der Waals surface area contributed by atoms with E-state index in [4.69, 9.17) is 4.74 Å². The van der Waals surface area contributed by atoms with Gasteiger partial charge < -0.3 is 15.2 Å². The Kier molecular flexibility index (Phi) is 6.19. The smallest absolute Gasteiger partial charge is 0.300 e. The first-order valence-electron chi connectivity index (χ1n) is 11.7. The SMILES string of the molecule is COc1ccccc1C1/C(=C(\O)c2ccc3ccccc3c2)C(=O)C(=O)N1c1cccc(NC(C)=O)c1. The van der Waals surface area contributed by atoms with Crippen LogP contribution in [0.1, 0.15) is 24.1 Å². The molecule has 5 rings (SSSR count). The molecule has 1 heterocycles. The van der Waals surface area contributed by atoms with Crippen LogP contribution in [-0.4, -0.2) is 29.8 Å². The summed E-state index contributed by atoms with van der Waals surface area (Å²) in [7, 11) is 1.51. The molecular formula is C30H24N2O5. The van der Waals surface area contributed by atoms with E-state index in [9.17, 15) is 19.5 Å². The van der Waals surface area contributed by atoms with E-state index < -0.39 is 17.7 Å². The van der Waals surface area contributed by atoms with Gasteiger partial charge in [0.15, 0.2) is 0 Å². The number of benzene rings is 4. The average molecular weight is 493 g/mol. The molecule has 0 bridgehead atoms. The number of nitrogens with one attached hydrogen (secondary N) is 1. The van der Waals surface area contributed by atoms with Crippen molar-refractivity contribution >= 4 is 45.5 Å². The van der Waals surface area contributed by atoms with Crippen LogP contribution in [0.5, 0.6) is 5.75 Å². The van der Waals surface area contributed by atoms with Gasteiger partial charge in [0.1, 0.15) is 11.5 Å². The Bertz CT molecular complexity index is 1590. The molecule has 7 nitrogen and oxygen atoms in total. The number of nitrogens with zero attached hydrogens (tertiary/aromatic N) is 1. The molecule has 1 saturated heterocycles. The molecule has 0 saturated carbocycles. The Morgan fingerprint density at radius 3 is 2.38 bits per heavy atom. The molecule has 0 radical (unpaired) electrons. The number of methoxy groups -OCH3 is 1. The maximum absolute atomic E-state index is 13.5. The quantitative estimate of drug-likeness (QED) is 0.220. The monoisotopic (exact) mass is 492 g/mol. The number of rotatable bonds is 5. The highest BCUT2D eigenvalue weighted by Crippen LogP contribution is 2.45.